The number of aromatic nitrogens is 1. The first-order chi connectivity index (χ1) is 13.6. The van der Waals surface area contributed by atoms with Gasteiger partial charge in [-0.15, -0.1) is 0 Å². The monoisotopic (exact) mass is 396 g/mol. The van der Waals surface area contributed by atoms with E-state index in [2.05, 4.69) is 35.3 Å². The molecule has 2 heterocycles. The number of nitrogens with zero attached hydrogens (tertiary/aromatic N) is 3. The van der Waals surface area contributed by atoms with E-state index in [1.807, 2.05) is 36.1 Å². The molecule has 146 valence electrons. The predicted octanol–water partition coefficient (Wildman–Crippen LogP) is 4.36. The molecule has 2 aromatic carbocycles. The van der Waals surface area contributed by atoms with Crippen LogP contribution >= 0.6 is 11.3 Å². The van der Waals surface area contributed by atoms with Gasteiger partial charge in [-0.2, -0.15) is 0 Å². The van der Waals surface area contributed by atoms with Gasteiger partial charge in [0.05, 0.1) is 16.8 Å². The number of carbonyl (C=O) groups is 1. The second-order valence-electron chi connectivity index (χ2n) is 6.78. The summed E-state index contributed by atoms with van der Waals surface area (Å²) in [7, 11) is 0. The van der Waals surface area contributed by atoms with Crippen LogP contribution in [0.1, 0.15) is 12.5 Å². The molecule has 0 atom stereocenters. The summed E-state index contributed by atoms with van der Waals surface area (Å²) in [6.45, 7) is 7.60. The van der Waals surface area contributed by atoms with Crippen LogP contribution in [0.3, 0.4) is 0 Å². The average molecular weight is 397 g/mol. The molecule has 0 bridgehead atoms. The third kappa shape index (κ3) is 3.89. The van der Waals surface area contributed by atoms with Gasteiger partial charge in [0.1, 0.15) is 5.75 Å². The number of rotatable bonds is 4. The highest BCUT2D eigenvalue weighted by Gasteiger charge is 2.23. The summed E-state index contributed by atoms with van der Waals surface area (Å²) in [6, 6.07) is 13.7. The molecule has 0 unspecified atom stereocenters. The molecule has 2 amide bonds. The molecule has 0 saturated carbocycles. The molecule has 28 heavy (non-hydrogen) atoms. The van der Waals surface area contributed by atoms with E-state index in [1.165, 1.54) is 10.3 Å². The van der Waals surface area contributed by atoms with Crippen molar-refractivity contribution in [2.24, 2.45) is 0 Å². The number of nitrogens with one attached hydrogen (secondary N) is 1. The number of hydrogen-bond acceptors (Lipinski definition) is 5. The first kappa shape index (κ1) is 18.6. The third-order valence-electron chi connectivity index (χ3n) is 4.86. The summed E-state index contributed by atoms with van der Waals surface area (Å²) in [5, 5.41) is 4.00. The first-order valence-corrected chi connectivity index (χ1v) is 10.4. The van der Waals surface area contributed by atoms with Crippen LogP contribution < -0.4 is 15.0 Å². The normalized spacial score (nSPS) is 14.4. The maximum absolute atomic E-state index is 12.6. The van der Waals surface area contributed by atoms with Gasteiger partial charge in [-0.1, -0.05) is 23.5 Å². The van der Waals surface area contributed by atoms with Crippen LogP contribution in [-0.4, -0.2) is 48.7 Å². The molecule has 0 spiro atoms. The number of thiazole rings is 1. The van der Waals surface area contributed by atoms with E-state index in [1.54, 1.807) is 11.3 Å². The predicted molar refractivity (Wildman–Crippen MR) is 115 cm³/mol. The smallest absolute Gasteiger partial charge is 0.321 e. The maximum atomic E-state index is 12.6. The molecule has 1 aromatic heterocycles. The minimum Gasteiger partial charge on any atom is -0.494 e. The van der Waals surface area contributed by atoms with Crippen molar-refractivity contribution in [3.05, 3.63) is 48.0 Å². The molecule has 1 N–H and O–H groups in total. The Morgan fingerprint density at radius 1 is 1.14 bits per heavy atom. The van der Waals surface area contributed by atoms with Crippen molar-refractivity contribution in [2.75, 3.05) is 43.0 Å². The Labute approximate surface area is 168 Å². The van der Waals surface area contributed by atoms with Gasteiger partial charge in [0.2, 0.25) is 0 Å². The summed E-state index contributed by atoms with van der Waals surface area (Å²) in [5.41, 5.74) is 3.06. The second-order valence-corrected chi connectivity index (χ2v) is 7.79. The molecule has 1 aliphatic heterocycles. The van der Waals surface area contributed by atoms with E-state index < -0.39 is 0 Å². The van der Waals surface area contributed by atoms with Crippen molar-refractivity contribution in [2.45, 2.75) is 13.8 Å². The molecule has 7 heteroatoms. The van der Waals surface area contributed by atoms with Crippen LogP contribution in [0.5, 0.6) is 5.75 Å². The highest BCUT2D eigenvalue weighted by molar-refractivity contribution is 7.22. The van der Waals surface area contributed by atoms with Gasteiger partial charge in [0, 0.05) is 31.9 Å². The standard InChI is InChI=1S/C21H24N4O2S/c1-3-27-17-9-7-16(8-10-17)22-20(26)24-11-13-25(14-12-24)21-23-19-15(2)5-4-6-18(19)28-21/h4-10H,3,11-14H2,1-2H3,(H,22,26). The molecular weight excluding hydrogens is 372 g/mol. The number of carbonyl (C=O) groups excluding carboxylic acids is 1. The van der Waals surface area contributed by atoms with E-state index >= 15 is 0 Å². The van der Waals surface area contributed by atoms with Gasteiger partial charge in [0.15, 0.2) is 5.13 Å². The zero-order valence-electron chi connectivity index (χ0n) is 16.1. The number of para-hydroxylation sites is 1. The Hall–Kier alpha value is -2.80. The SMILES string of the molecule is CCOc1ccc(NC(=O)N2CCN(c3nc4c(C)cccc4s3)CC2)cc1. The van der Waals surface area contributed by atoms with Crippen LogP contribution in [0.25, 0.3) is 10.2 Å². The Morgan fingerprint density at radius 2 is 1.89 bits per heavy atom. The largest absolute Gasteiger partial charge is 0.494 e. The Kier molecular flexibility index (Phi) is 5.34. The van der Waals surface area contributed by atoms with Crippen LogP contribution in [0, 0.1) is 6.92 Å². The molecular formula is C21H24N4O2S. The molecule has 1 aliphatic rings. The number of anilines is 2. The third-order valence-corrected chi connectivity index (χ3v) is 5.94. The minimum absolute atomic E-state index is 0.0658. The van der Waals surface area contributed by atoms with Crippen molar-refractivity contribution in [3.8, 4) is 5.75 Å². The van der Waals surface area contributed by atoms with Crippen LogP contribution in [0.4, 0.5) is 15.6 Å². The topological polar surface area (TPSA) is 57.7 Å². The lowest BCUT2D eigenvalue weighted by molar-refractivity contribution is 0.208. The van der Waals surface area contributed by atoms with Gasteiger partial charge in [-0.05, 0) is 49.7 Å². The Morgan fingerprint density at radius 3 is 2.57 bits per heavy atom. The number of piperazine rings is 1. The van der Waals surface area contributed by atoms with Gasteiger partial charge in [0.25, 0.3) is 0 Å². The van der Waals surface area contributed by atoms with Crippen molar-refractivity contribution in [1.29, 1.82) is 0 Å². The zero-order valence-corrected chi connectivity index (χ0v) is 17.0. The summed E-state index contributed by atoms with van der Waals surface area (Å²) in [4.78, 5) is 21.5. The number of fused-ring (bicyclic) bond motifs is 1. The number of urea groups is 1. The van der Waals surface area contributed by atoms with Crippen molar-refractivity contribution >= 4 is 38.4 Å². The number of ether oxygens (including phenoxy) is 1. The van der Waals surface area contributed by atoms with E-state index in [4.69, 9.17) is 9.72 Å². The van der Waals surface area contributed by atoms with Gasteiger partial charge in [-0.25, -0.2) is 9.78 Å². The molecule has 4 rings (SSSR count). The number of benzene rings is 2. The lowest BCUT2D eigenvalue weighted by Crippen LogP contribution is -2.50. The lowest BCUT2D eigenvalue weighted by Gasteiger charge is -2.34. The maximum Gasteiger partial charge on any atom is 0.321 e. The quantitative estimate of drug-likeness (QED) is 0.712. The molecule has 1 fully saturated rings. The van der Waals surface area contributed by atoms with Crippen molar-refractivity contribution in [1.82, 2.24) is 9.88 Å². The summed E-state index contributed by atoms with van der Waals surface area (Å²) >= 11 is 1.72. The van der Waals surface area contributed by atoms with E-state index in [-0.39, 0.29) is 6.03 Å². The molecule has 0 radical (unpaired) electrons. The Balaban J connectivity index is 1.35. The number of aryl methyl sites for hydroxylation is 1. The van der Waals surface area contributed by atoms with Crippen LogP contribution in [-0.2, 0) is 0 Å². The number of amides is 2. The molecule has 0 aliphatic carbocycles. The van der Waals surface area contributed by atoms with E-state index in [9.17, 15) is 4.79 Å². The van der Waals surface area contributed by atoms with E-state index in [0.29, 0.717) is 19.7 Å². The minimum atomic E-state index is -0.0658. The highest BCUT2D eigenvalue weighted by atomic mass is 32.1. The van der Waals surface area contributed by atoms with Crippen LogP contribution in [0.2, 0.25) is 0 Å². The van der Waals surface area contributed by atoms with Crippen molar-refractivity contribution in [3.63, 3.8) is 0 Å². The lowest BCUT2D eigenvalue weighted by atomic mass is 10.2. The fraction of sp³-hybridized carbons (Fsp3) is 0.333. The fourth-order valence-electron chi connectivity index (χ4n) is 3.31. The fourth-order valence-corrected chi connectivity index (χ4v) is 4.41. The van der Waals surface area contributed by atoms with E-state index in [0.717, 1.165) is 35.2 Å². The summed E-state index contributed by atoms with van der Waals surface area (Å²) in [5.74, 6) is 0.806. The summed E-state index contributed by atoms with van der Waals surface area (Å²) < 4.78 is 6.65. The molecule has 3 aromatic rings. The van der Waals surface area contributed by atoms with Crippen LogP contribution in [0.15, 0.2) is 42.5 Å². The Bertz CT molecular complexity index is 962. The van der Waals surface area contributed by atoms with Gasteiger partial charge >= 0.3 is 6.03 Å². The zero-order chi connectivity index (χ0) is 19.5. The summed E-state index contributed by atoms with van der Waals surface area (Å²) in [6.07, 6.45) is 0. The number of hydrogen-bond donors (Lipinski definition) is 1. The molecule has 1 saturated heterocycles. The molecule has 6 nitrogen and oxygen atoms in total. The average Bonchev–Trinajstić information content (AvgIpc) is 3.16. The van der Waals surface area contributed by atoms with Crippen molar-refractivity contribution < 1.29 is 9.53 Å². The highest BCUT2D eigenvalue weighted by Crippen LogP contribution is 2.31. The van der Waals surface area contributed by atoms with Gasteiger partial charge in [-0.3, -0.25) is 0 Å². The first-order valence-electron chi connectivity index (χ1n) is 9.54. The van der Waals surface area contributed by atoms with Gasteiger partial charge < -0.3 is 19.9 Å². The second kappa shape index (κ2) is 8.06.